The lowest BCUT2D eigenvalue weighted by molar-refractivity contribution is -0.117. The number of anilines is 1. The van der Waals surface area contributed by atoms with Crippen molar-refractivity contribution in [3.63, 3.8) is 0 Å². The lowest BCUT2D eigenvalue weighted by Crippen LogP contribution is -2.41. The smallest absolute Gasteiger partial charge is 0.253 e. The Balaban J connectivity index is 2.00. The quantitative estimate of drug-likeness (QED) is 0.819. The number of amides is 2. The summed E-state index contributed by atoms with van der Waals surface area (Å²) >= 11 is 13.2. The fourth-order valence-electron chi connectivity index (χ4n) is 1.75. The van der Waals surface area contributed by atoms with Gasteiger partial charge in [-0.25, -0.2) is 0 Å². The summed E-state index contributed by atoms with van der Waals surface area (Å²) in [4.78, 5) is 24.4. The second-order valence-electron chi connectivity index (χ2n) is 5.39. The van der Waals surface area contributed by atoms with Crippen molar-refractivity contribution in [2.24, 2.45) is 0 Å². The van der Waals surface area contributed by atoms with Gasteiger partial charge >= 0.3 is 0 Å². The first kappa shape index (κ1) is 18.6. The molecule has 9 heteroatoms. The highest BCUT2D eigenvalue weighted by Crippen LogP contribution is 2.25. The van der Waals surface area contributed by atoms with E-state index >= 15 is 0 Å². The second-order valence-corrected chi connectivity index (χ2v) is 7.18. The third-order valence-electron chi connectivity index (χ3n) is 3.10. The maximum absolute atomic E-state index is 12.2. The highest BCUT2D eigenvalue weighted by molar-refractivity contribution is 7.15. The molecule has 1 aromatic heterocycles. The summed E-state index contributed by atoms with van der Waals surface area (Å²) < 4.78 is 0. The van der Waals surface area contributed by atoms with Crippen LogP contribution >= 0.6 is 34.5 Å². The van der Waals surface area contributed by atoms with Crippen molar-refractivity contribution in [1.82, 2.24) is 15.5 Å². The number of aromatic nitrogens is 2. The van der Waals surface area contributed by atoms with E-state index in [9.17, 15) is 9.59 Å². The van der Waals surface area contributed by atoms with Crippen LogP contribution in [0.2, 0.25) is 10.0 Å². The van der Waals surface area contributed by atoms with Crippen LogP contribution in [0.3, 0.4) is 0 Å². The minimum Gasteiger partial charge on any atom is -0.340 e. The number of nitrogens with zero attached hydrogens (tertiary/aromatic N) is 2. The molecular formula is C15H16Cl2N4O2S. The van der Waals surface area contributed by atoms with Gasteiger partial charge in [-0.1, -0.05) is 54.5 Å². The summed E-state index contributed by atoms with van der Waals surface area (Å²) in [6.45, 7) is 5.55. The SMILES string of the molecule is CC(C)c1nnc(NC(=O)[C@@H](C)NC(=O)c2cccc(Cl)c2Cl)s1. The molecule has 2 N–H and O–H groups in total. The van der Waals surface area contributed by atoms with Crippen LogP contribution in [0.5, 0.6) is 0 Å². The van der Waals surface area contributed by atoms with Crippen LogP contribution in [0.15, 0.2) is 18.2 Å². The van der Waals surface area contributed by atoms with E-state index in [-0.39, 0.29) is 21.5 Å². The fraction of sp³-hybridized carbons (Fsp3) is 0.333. The Hall–Kier alpha value is -1.70. The molecule has 2 rings (SSSR count). The number of rotatable bonds is 5. The molecule has 0 fully saturated rings. The molecule has 1 aromatic carbocycles. The van der Waals surface area contributed by atoms with E-state index in [1.807, 2.05) is 13.8 Å². The Labute approximate surface area is 153 Å². The average Bonchev–Trinajstić information content (AvgIpc) is 2.98. The van der Waals surface area contributed by atoms with Crippen molar-refractivity contribution < 1.29 is 9.59 Å². The molecule has 0 saturated carbocycles. The summed E-state index contributed by atoms with van der Waals surface area (Å²) in [5.41, 5.74) is 0.210. The van der Waals surface area contributed by atoms with Crippen molar-refractivity contribution in [2.45, 2.75) is 32.7 Å². The van der Waals surface area contributed by atoms with Gasteiger partial charge < -0.3 is 5.32 Å². The Kier molecular flexibility index (Phi) is 6.15. The molecule has 2 amide bonds. The zero-order valence-corrected chi connectivity index (χ0v) is 15.6. The Bertz CT molecular complexity index is 764. The van der Waals surface area contributed by atoms with Gasteiger partial charge in [-0.15, -0.1) is 10.2 Å². The van der Waals surface area contributed by atoms with E-state index in [4.69, 9.17) is 23.2 Å². The number of nitrogens with one attached hydrogen (secondary N) is 2. The number of carbonyl (C=O) groups is 2. The number of carbonyl (C=O) groups excluding carboxylic acids is 2. The van der Waals surface area contributed by atoms with Crippen LogP contribution < -0.4 is 10.6 Å². The molecule has 2 aromatic rings. The van der Waals surface area contributed by atoms with Gasteiger partial charge in [0.1, 0.15) is 11.0 Å². The van der Waals surface area contributed by atoms with E-state index in [1.165, 1.54) is 17.4 Å². The molecule has 0 saturated heterocycles. The van der Waals surface area contributed by atoms with Crippen molar-refractivity contribution in [3.05, 3.63) is 38.8 Å². The summed E-state index contributed by atoms with van der Waals surface area (Å²) in [6, 6.07) is 3.95. The Morgan fingerprint density at radius 1 is 1.17 bits per heavy atom. The molecule has 1 atom stereocenters. The first-order valence-corrected chi connectivity index (χ1v) is 8.76. The minimum absolute atomic E-state index is 0.148. The molecule has 24 heavy (non-hydrogen) atoms. The fourth-order valence-corrected chi connectivity index (χ4v) is 2.89. The first-order valence-electron chi connectivity index (χ1n) is 7.18. The number of benzene rings is 1. The summed E-state index contributed by atoms with van der Waals surface area (Å²) in [5, 5.41) is 14.8. The molecule has 128 valence electrons. The normalized spacial score (nSPS) is 12.1. The first-order chi connectivity index (χ1) is 11.3. The van der Waals surface area contributed by atoms with Gasteiger partial charge in [0.2, 0.25) is 11.0 Å². The molecule has 0 radical (unpaired) electrons. The van der Waals surface area contributed by atoms with Gasteiger partial charge in [0.15, 0.2) is 0 Å². The minimum atomic E-state index is -0.779. The molecular weight excluding hydrogens is 371 g/mol. The van der Waals surface area contributed by atoms with E-state index < -0.39 is 17.9 Å². The van der Waals surface area contributed by atoms with Crippen molar-refractivity contribution in [1.29, 1.82) is 0 Å². The number of hydrogen-bond donors (Lipinski definition) is 2. The van der Waals surface area contributed by atoms with E-state index in [2.05, 4.69) is 20.8 Å². The molecule has 0 bridgehead atoms. The lowest BCUT2D eigenvalue weighted by atomic mass is 10.2. The summed E-state index contributed by atoms with van der Waals surface area (Å²) in [7, 11) is 0. The molecule has 0 aliphatic rings. The van der Waals surface area contributed by atoms with Crippen LogP contribution in [0.4, 0.5) is 5.13 Å². The number of hydrogen-bond acceptors (Lipinski definition) is 5. The van der Waals surface area contributed by atoms with E-state index in [0.717, 1.165) is 5.01 Å². The van der Waals surface area contributed by atoms with Crippen molar-refractivity contribution >= 4 is 51.5 Å². The van der Waals surface area contributed by atoms with Gasteiger partial charge in [-0.2, -0.15) is 0 Å². The van der Waals surface area contributed by atoms with Gasteiger partial charge in [-0.3, -0.25) is 14.9 Å². The van der Waals surface area contributed by atoms with Gasteiger partial charge in [0.05, 0.1) is 15.6 Å². The standard InChI is InChI=1S/C15H16Cl2N4O2S/c1-7(2)14-20-21-15(24-14)19-12(22)8(3)18-13(23)9-5-4-6-10(16)11(9)17/h4-8H,1-3H3,(H,18,23)(H,19,21,22)/t8-/m1/s1. The van der Waals surface area contributed by atoms with Gasteiger partial charge in [0, 0.05) is 5.92 Å². The highest BCUT2D eigenvalue weighted by atomic mass is 35.5. The number of halogens is 2. The molecule has 0 aliphatic carbocycles. The maximum Gasteiger partial charge on any atom is 0.253 e. The second kappa shape index (κ2) is 7.92. The van der Waals surface area contributed by atoms with Crippen LogP contribution in [-0.2, 0) is 4.79 Å². The molecule has 0 aliphatic heterocycles. The van der Waals surface area contributed by atoms with Gasteiger partial charge in [-0.05, 0) is 19.1 Å². The molecule has 6 nitrogen and oxygen atoms in total. The van der Waals surface area contributed by atoms with Crippen molar-refractivity contribution in [2.75, 3.05) is 5.32 Å². The monoisotopic (exact) mass is 386 g/mol. The molecule has 0 spiro atoms. The predicted molar refractivity (Wildman–Crippen MR) is 96.0 cm³/mol. The molecule has 0 unspecified atom stereocenters. The topological polar surface area (TPSA) is 84.0 Å². The largest absolute Gasteiger partial charge is 0.340 e. The average molecular weight is 387 g/mol. The Morgan fingerprint density at radius 2 is 1.88 bits per heavy atom. The van der Waals surface area contributed by atoms with Crippen LogP contribution in [0.25, 0.3) is 0 Å². The maximum atomic E-state index is 12.2. The third kappa shape index (κ3) is 4.43. The summed E-state index contributed by atoms with van der Waals surface area (Å²) in [6.07, 6.45) is 0. The van der Waals surface area contributed by atoms with Gasteiger partial charge in [0.25, 0.3) is 5.91 Å². The Morgan fingerprint density at radius 3 is 2.50 bits per heavy atom. The molecule has 1 heterocycles. The van der Waals surface area contributed by atoms with Crippen LogP contribution in [-0.4, -0.2) is 28.1 Å². The van der Waals surface area contributed by atoms with Crippen molar-refractivity contribution in [3.8, 4) is 0 Å². The summed E-state index contributed by atoms with van der Waals surface area (Å²) in [5.74, 6) is -0.645. The third-order valence-corrected chi connectivity index (χ3v) is 5.06. The van der Waals surface area contributed by atoms with Crippen LogP contribution in [0.1, 0.15) is 42.1 Å². The van der Waals surface area contributed by atoms with E-state index in [0.29, 0.717) is 5.13 Å². The zero-order valence-electron chi connectivity index (χ0n) is 13.3. The highest BCUT2D eigenvalue weighted by Gasteiger charge is 2.20. The lowest BCUT2D eigenvalue weighted by Gasteiger charge is -2.13. The van der Waals surface area contributed by atoms with E-state index in [1.54, 1.807) is 19.1 Å². The zero-order chi connectivity index (χ0) is 17.9. The van der Waals surface area contributed by atoms with Crippen LogP contribution in [0, 0.1) is 0 Å². The predicted octanol–water partition coefficient (Wildman–Crippen LogP) is 3.73.